The Hall–Kier alpha value is -1.02. The van der Waals surface area contributed by atoms with E-state index in [0.717, 1.165) is 43.0 Å². The molecule has 0 aliphatic carbocycles. The van der Waals surface area contributed by atoms with Crippen LogP contribution in [0.4, 0.5) is 0 Å². The smallest absolute Gasteiger partial charge is 0.240 e. The van der Waals surface area contributed by atoms with Gasteiger partial charge in [0.25, 0.3) is 0 Å². The normalized spacial score (nSPS) is 17.5. The summed E-state index contributed by atoms with van der Waals surface area (Å²) < 4.78 is 0. The molecule has 0 spiro atoms. The van der Waals surface area contributed by atoms with Gasteiger partial charge in [-0.25, -0.2) is 0 Å². The van der Waals surface area contributed by atoms with Gasteiger partial charge in [0.2, 0.25) is 5.91 Å². The SMILES string of the molecule is N[C@H](Cc1ccccc1)C(S)C(=O)CCCCC[C@H](N)C(=O)N1CCSC1. The second-order valence-electron chi connectivity index (χ2n) is 7.11. The molecule has 4 N–H and O–H groups in total. The van der Waals surface area contributed by atoms with Crippen LogP contribution >= 0.6 is 24.4 Å². The predicted octanol–water partition coefficient (Wildman–Crippen LogP) is 2.23. The molecule has 1 aliphatic rings. The van der Waals surface area contributed by atoms with Crippen LogP contribution in [0.25, 0.3) is 0 Å². The Kier molecular flexibility index (Phi) is 9.68. The summed E-state index contributed by atoms with van der Waals surface area (Å²) in [5, 5.41) is -0.443. The highest BCUT2D eigenvalue weighted by Gasteiger charge is 2.24. The summed E-state index contributed by atoms with van der Waals surface area (Å²) in [6.45, 7) is 0.804. The summed E-state index contributed by atoms with van der Waals surface area (Å²) in [7, 11) is 0. The van der Waals surface area contributed by atoms with Crippen molar-refractivity contribution in [3.8, 4) is 0 Å². The topological polar surface area (TPSA) is 89.4 Å². The molecule has 0 radical (unpaired) electrons. The van der Waals surface area contributed by atoms with Crippen molar-refractivity contribution in [1.82, 2.24) is 4.90 Å². The number of nitrogens with two attached hydrogens (primary N) is 2. The highest BCUT2D eigenvalue weighted by atomic mass is 32.2. The van der Waals surface area contributed by atoms with E-state index in [1.165, 1.54) is 0 Å². The van der Waals surface area contributed by atoms with Crippen molar-refractivity contribution >= 4 is 36.1 Å². The van der Waals surface area contributed by atoms with E-state index in [4.69, 9.17) is 11.5 Å². The quantitative estimate of drug-likeness (QED) is 0.385. The van der Waals surface area contributed by atoms with Gasteiger partial charge in [0.1, 0.15) is 5.78 Å². The van der Waals surface area contributed by atoms with Gasteiger partial charge < -0.3 is 16.4 Å². The van der Waals surface area contributed by atoms with Crippen LogP contribution in [-0.4, -0.2) is 52.1 Å². The number of unbranched alkanes of at least 4 members (excludes halogenated alkanes) is 2. The Morgan fingerprint density at radius 3 is 2.56 bits per heavy atom. The van der Waals surface area contributed by atoms with Crippen molar-refractivity contribution < 1.29 is 9.59 Å². The molecule has 1 heterocycles. The fourth-order valence-corrected chi connectivity index (χ4v) is 4.36. The summed E-state index contributed by atoms with van der Waals surface area (Å²) in [5.74, 6) is 1.90. The van der Waals surface area contributed by atoms with Crippen LogP contribution < -0.4 is 11.5 Å². The Balaban J connectivity index is 1.60. The molecule has 1 aromatic carbocycles. The lowest BCUT2D eigenvalue weighted by Crippen LogP contribution is -2.42. The number of benzene rings is 1. The summed E-state index contributed by atoms with van der Waals surface area (Å²) in [6, 6.07) is 9.21. The van der Waals surface area contributed by atoms with E-state index in [1.807, 2.05) is 35.2 Å². The van der Waals surface area contributed by atoms with Gasteiger partial charge in [-0.05, 0) is 24.8 Å². The number of nitrogens with zero attached hydrogens (tertiary/aromatic N) is 1. The molecule has 1 aromatic rings. The van der Waals surface area contributed by atoms with Gasteiger partial charge in [0.05, 0.1) is 17.2 Å². The summed E-state index contributed by atoms with van der Waals surface area (Å²) in [5.41, 5.74) is 13.3. The minimum absolute atomic E-state index is 0.0541. The third-order valence-electron chi connectivity index (χ3n) is 4.87. The first-order chi connectivity index (χ1) is 13.0. The van der Waals surface area contributed by atoms with Crippen LogP contribution in [-0.2, 0) is 16.0 Å². The van der Waals surface area contributed by atoms with E-state index < -0.39 is 11.3 Å². The third-order valence-corrected chi connectivity index (χ3v) is 6.51. The lowest BCUT2D eigenvalue weighted by atomic mass is 9.98. The lowest BCUT2D eigenvalue weighted by Gasteiger charge is -2.19. The molecule has 0 saturated carbocycles. The molecule has 0 aromatic heterocycles. The molecule has 1 aliphatic heterocycles. The number of thioether (sulfide) groups is 1. The maximum Gasteiger partial charge on any atom is 0.240 e. The molecular formula is C20H31N3O2S2. The number of amides is 1. The van der Waals surface area contributed by atoms with Gasteiger partial charge >= 0.3 is 0 Å². The first kappa shape index (κ1) is 22.3. The van der Waals surface area contributed by atoms with Crippen molar-refractivity contribution in [2.24, 2.45) is 11.5 Å². The number of carbonyl (C=O) groups is 2. The zero-order chi connectivity index (χ0) is 19.6. The molecule has 5 nitrogen and oxygen atoms in total. The average molecular weight is 410 g/mol. The van der Waals surface area contributed by atoms with Gasteiger partial charge in [0, 0.05) is 24.8 Å². The van der Waals surface area contributed by atoms with E-state index in [2.05, 4.69) is 12.6 Å². The minimum Gasteiger partial charge on any atom is -0.331 e. The zero-order valence-corrected chi connectivity index (χ0v) is 17.5. The number of hydrogen-bond acceptors (Lipinski definition) is 6. The minimum atomic E-state index is -0.443. The number of Topliss-reactive ketones (excluding diaryl/α,β-unsaturated/α-hetero) is 1. The molecule has 150 valence electrons. The predicted molar refractivity (Wildman–Crippen MR) is 116 cm³/mol. The fourth-order valence-electron chi connectivity index (χ4n) is 3.17. The highest BCUT2D eigenvalue weighted by molar-refractivity contribution is 7.99. The van der Waals surface area contributed by atoms with Crippen LogP contribution in [0.1, 0.15) is 37.7 Å². The van der Waals surface area contributed by atoms with Crippen molar-refractivity contribution in [1.29, 1.82) is 0 Å². The molecule has 1 amide bonds. The number of hydrogen-bond donors (Lipinski definition) is 3. The first-order valence-electron chi connectivity index (χ1n) is 9.61. The van der Waals surface area contributed by atoms with Crippen molar-refractivity contribution in [2.45, 2.75) is 55.9 Å². The maximum atomic E-state index is 12.3. The Bertz CT molecular complexity index is 594. The van der Waals surface area contributed by atoms with Crippen LogP contribution in [0.5, 0.6) is 0 Å². The number of ketones is 1. The summed E-state index contributed by atoms with van der Waals surface area (Å²) >= 11 is 6.20. The molecule has 27 heavy (non-hydrogen) atoms. The van der Waals surface area contributed by atoms with E-state index in [1.54, 1.807) is 11.8 Å². The number of rotatable bonds is 11. The van der Waals surface area contributed by atoms with Crippen LogP contribution in [0.3, 0.4) is 0 Å². The zero-order valence-electron chi connectivity index (χ0n) is 15.8. The number of thiol groups is 1. The molecule has 0 bridgehead atoms. The van der Waals surface area contributed by atoms with Gasteiger partial charge in [0.15, 0.2) is 0 Å². The van der Waals surface area contributed by atoms with E-state index >= 15 is 0 Å². The Morgan fingerprint density at radius 2 is 1.89 bits per heavy atom. The standard InChI is InChI=1S/C20H31N3O2S2/c21-16(20(25)23-11-12-27-14-23)9-5-2-6-10-18(24)19(26)17(22)13-15-7-3-1-4-8-15/h1,3-4,7-8,16-17,19,26H,2,5-6,9-14,21-22H2/t16-,17+,19?/m0/s1. The fraction of sp³-hybridized carbons (Fsp3) is 0.600. The second-order valence-corrected chi connectivity index (χ2v) is 8.74. The monoisotopic (exact) mass is 409 g/mol. The van der Waals surface area contributed by atoms with Gasteiger partial charge in [-0.3, -0.25) is 9.59 Å². The van der Waals surface area contributed by atoms with Gasteiger partial charge in [-0.1, -0.05) is 43.2 Å². The maximum absolute atomic E-state index is 12.3. The molecule has 3 atom stereocenters. The van der Waals surface area contributed by atoms with Crippen molar-refractivity contribution in [2.75, 3.05) is 18.2 Å². The Labute approximate surface area is 172 Å². The second kappa shape index (κ2) is 11.7. The number of carbonyl (C=O) groups excluding carboxylic acids is 2. The van der Waals surface area contributed by atoms with E-state index in [9.17, 15) is 9.59 Å². The molecule has 2 rings (SSSR count). The summed E-state index contributed by atoms with van der Waals surface area (Å²) in [4.78, 5) is 26.3. The molecule has 1 unspecified atom stereocenters. The van der Waals surface area contributed by atoms with Crippen LogP contribution in [0, 0.1) is 0 Å². The van der Waals surface area contributed by atoms with Crippen molar-refractivity contribution in [3.63, 3.8) is 0 Å². The molecule has 1 saturated heterocycles. The third kappa shape index (κ3) is 7.49. The summed E-state index contributed by atoms with van der Waals surface area (Å²) in [6.07, 6.45) is 4.32. The van der Waals surface area contributed by atoms with Crippen LogP contribution in [0.2, 0.25) is 0 Å². The van der Waals surface area contributed by atoms with E-state index in [-0.39, 0.29) is 17.7 Å². The highest BCUT2D eigenvalue weighted by Crippen LogP contribution is 2.16. The first-order valence-corrected chi connectivity index (χ1v) is 11.3. The molecular weight excluding hydrogens is 378 g/mol. The van der Waals surface area contributed by atoms with Crippen LogP contribution in [0.15, 0.2) is 30.3 Å². The molecule has 1 fully saturated rings. The van der Waals surface area contributed by atoms with E-state index in [0.29, 0.717) is 19.3 Å². The average Bonchev–Trinajstić information content (AvgIpc) is 3.21. The lowest BCUT2D eigenvalue weighted by molar-refractivity contribution is -0.131. The molecule has 7 heteroatoms. The largest absolute Gasteiger partial charge is 0.331 e. The Morgan fingerprint density at radius 1 is 1.15 bits per heavy atom. The van der Waals surface area contributed by atoms with Crippen molar-refractivity contribution in [3.05, 3.63) is 35.9 Å². The van der Waals surface area contributed by atoms with Gasteiger partial charge in [-0.15, -0.1) is 11.8 Å². The van der Waals surface area contributed by atoms with Gasteiger partial charge in [-0.2, -0.15) is 12.6 Å².